The van der Waals surface area contributed by atoms with E-state index in [-0.39, 0.29) is 11.8 Å². The second-order valence-corrected chi connectivity index (χ2v) is 6.71. The van der Waals surface area contributed by atoms with Crippen LogP contribution in [0.5, 0.6) is 17.2 Å². The molecule has 150 valence electrons. The summed E-state index contributed by atoms with van der Waals surface area (Å²) in [5.41, 5.74) is 0.916. The lowest BCUT2D eigenvalue weighted by molar-refractivity contribution is -0.128. The number of rotatable bonds is 9. The van der Waals surface area contributed by atoms with Gasteiger partial charge in [0.15, 0.2) is 0 Å². The maximum absolute atomic E-state index is 12.3. The number of carbonyl (C=O) groups is 2. The van der Waals surface area contributed by atoms with E-state index in [1.165, 1.54) is 6.92 Å². The minimum atomic E-state index is -0.512. The predicted molar refractivity (Wildman–Crippen MR) is 109 cm³/mol. The maximum Gasteiger partial charge on any atom is 0.242 e. The van der Waals surface area contributed by atoms with Crippen molar-refractivity contribution >= 4 is 23.4 Å². The molecule has 0 heterocycles. The molecule has 0 aliphatic carbocycles. The lowest BCUT2D eigenvalue weighted by atomic mass is 10.1. The molecule has 2 N–H and O–H groups in total. The first kappa shape index (κ1) is 21.6. The molecule has 2 aromatic carbocycles. The van der Waals surface area contributed by atoms with E-state index in [1.54, 1.807) is 37.4 Å². The number of benzene rings is 2. The van der Waals surface area contributed by atoms with Crippen molar-refractivity contribution in [2.75, 3.05) is 7.11 Å². The molecule has 0 fully saturated rings. The summed E-state index contributed by atoms with van der Waals surface area (Å²) in [6.07, 6.45) is 1.40. The van der Waals surface area contributed by atoms with Crippen molar-refractivity contribution in [2.24, 2.45) is 0 Å². The topological polar surface area (TPSA) is 76.7 Å². The van der Waals surface area contributed by atoms with Crippen LogP contribution in [0.3, 0.4) is 0 Å². The molecule has 2 rings (SSSR count). The highest BCUT2D eigenvalue weighted by Gasteiger charge is 2.17. The van der Waals surface area contributed by atoms with Gasteiger partial charge in [-0.05, 0) is 36.2 Å². The van der Waals surface area contributed by atoms with Gasteiger partial charge in [0.05, 0.1) is 12.1 Å². The number of halogens is 1. The zero-order chi connectivity index (χ0) is 20.5. The molecule has 0 aromatic heterocycles. The summed E-state index contributed by atoms with van der Waals surface area (Å²) in [6.45, 7) is 3.74. The van der Waals surface area contributed by atoms with Crippen LogP contribution in [0.15, 0.2) is 42.5 Å². The molecule has 0 bridgehead atoms. The zero-order valence-electron chi connectivity index (χ0n) is 16.3. The van der Waals surface area contributed by atoms with Gasteiger partial charge in [0.2, 0.25) is 11.8 Å². The molecule has 0 spiro atoms. The number of hydrogen-bond donors (Lipinski definition) is 2. The predicted octanol–water partition coefficient (Wildman–Crippen LogP) is 4.06. The summed E-state index contributed by atoms with van der Waals surface area (Å²) < 4.78 is 10.9. The van der Waals surface area contributed by atoms with Gasteiger partial charge in [-0.1, -0.05) is 37.1 Å². The number of methoxy groups -OCH3 is 1. The molecule has 0 radical (unpaired) electrons. The van der Waals surface area contributed by atoms with Crippen LogP contribution < -0.4 is 20.1 Å². The summed E-state index contributed by atoms with van der Waals surface area (Å²) >= 11 is 6.18. The number of nitrogens with one attached hydrogen (secondary N) is 2. The largest absolute Gasteiger partial charge is 0.497 e. The van der Waals surface area contributed by atoms with Gasteiger partial charge in [0.25, 0.3) is 0 Å². The van der Waals surface area contributed by atoms with Crippen molar-refractivity contribution in [1.29, 1.82) is 0 Å². The lowest BCUT2D eigenvalue weighted by Crippen LogP contribution is -2.45. The van der Waals surface area contributed by atoms with Crippen molar-refractivity contribution in [3.63, 3.8) is 0 Å². The van der Waals surface area contributed by atoms with E-state index in [2.05, 4.69) is 10.6 Å². The van der Waals surface area contributed by atoms with E-state index in [9.17, 15) is 9.59 Å². The normalized spacial score (nSPS) is 11.4. The smallest absolute Gasteiger partial charge is 0.242 e. The standard InChI is InChI=1S/C21H25ClN2O4/c1-4-5-19(24-14(2)25)21(26)23-13-15-6-8-16(9-7-15)28-20-11-10-17(27-3)12-18(20)22/h6-12,19H,4-5,13H2,1-3H3,(H,23,26)(H,24,25)/t19-/m0/s1. The molecule has 0 aliphatic rings. The molecule has 0 aliphatic heterocycles. The van der Waals surface area contributed by atoms with Gasteiger partial charge in [-0.2, -0.15) is 0 Å². The second kappa shape index (κ2) is 10.6. The Balaban J connectivity index is 1.93. The number of carbonyl (C=O) groups excluding carboxylic acids is 2. The minimum absolute atomic E-state index is 0.192. The number of hydrogen-bond acceptors (Lipinski definition) is 4. The molecule has 7 heteroatoms. The average molecular weight is 405 g/mol. The molecule has 1 atom stereocenters. The molecular formula is C21H25ClN2O4. The van der Waals surface area contributed by atoms with Crippen LogP contribution in [0.25, 0.3) is 0 Å². The first-order chi connectivity index (χ1) is 13.4. The van der Waals surface area contributed by atoms with E-state index in [4.69, 9.17) is 21.1 Å². The van der Waals surface area contributed by atoms with E-state index in [1.807, 2.05) is 19.1 Å². The van der Waals surface area contributed by atoms with Gasteiger partial charge in [0.1, 0.15) is 23.3 Å². The van der Waals surface area contributed by atoms with Gasteiger partial charge in [-0.3, -0.25) is 9.59 Å². The second-order valence-electron chi connectivity index (χ2n) is 6.30. The highest BCUT2D eigenvalue weighted by molar-refractivity contribution is 6.32. The first-order valence-corrected chi connectivity index (χ1v) is 9.46. The van der Waals surface area contributed by atoms with Gasteiger partial charge >= 0.3 is 0 Å². The van der Waals surface area contributed by atoms with Crippen LogP contribution in [0.1, 0.15) is 32.3 Å². The lowest BCUT2D eigenvalue weighted by Gasteiger charge is -2.17. The van der Waals surface area contributed by atoms with Crippen molar-refractivity contribution in [1.82, 2.24) is 10.6 Å². The van der Waals surface area contributed by atoms with Crippen LogP contribution in [-0.4, -0.2) is 25.0 Å². The molecule has 0 saturated heterocycles. The first-order valence-electron chi connectivity index (χ1n) is 9.08. The van der Waals surface area contributed by atoms with Crippen molar-refractivity contribution < 1.29 is 19.1 Å². The fourth-order valence-corrected chi connectivity index (χ4v) is 2.82. The molecular weight excluding hydrogens is 380 g/mol. The van der Waals surface area contributed by atoms with Gasteiger partial charge in [0, 0.05) is 19.5 Å². The Morgan fingerprint density at radius 2 is 1.79 bits per heavy atom. The van der Waals surface area contributed by atoms with E-state index in [0.29, 0.717) is 35.2 Å². The van der Waals surface area contributed by atoms with E-state index in [0.717, 1.165) is 12.0 Å². The van der Waals surface area contributed by atoms with E-state index >= 15 is 0 Å². The Morgan fingerprint density at radius 3 is 2.36 bits per heavy atom. The number of ether oxygens (including phenoxy) is 2. The van der Waals surface area contributed by atoms with Crippen LogP contribution in [0.4, 0.5) is 0 Å². The Hall–Kier alpha value is -2.73. The summed E-state index contributed by atoms with van der Waals surface area (Å²) in [5.74, 6) is 1.41. The summed E-state index contributed by atoms with van der Waals surface area (Å²) in [7, 11) is 1.57. The van der Waals surface area contributed by atoms with Crippen LogP contribution in [0.2, 0.25) is 5.02 Å². The van der Waals surface area contributed by atoms with Gasteiger partial charge < -0.3 is 20.1 Å². The fourth-order valence-electron chi connectivity index (χ4n) is 2.61. The zero-order valence-corrected chi connectivity index (χ0v) is 17.0. The Bertz CT molecular complexity index is 809. The van der Waals surface area contributed by atoms with Crippen LogP contribution in [-0.2, 0) is 16.1 Å². The molecule has 2 amide bonds. The summed E-state index contributed by atoms with van der Waals surface area (Å²) in [6, 6.07) is 12.0. The Labute approximate surface area is 170 Å². The van der Waals surface area contributed by atoms with Crippen molar-refractivity contribution in [2.45, 2.75) is 39.3 Å². The maximum atomic E-state index is 12.3. The quantitative estimate of drug-likeness (QED) is 0.660. The average Bonchev–Trinajstić information content (AvgIpc) is 2.68. The highest BCUT2D eigenvalue weighted by atomic mass is 35.5. The molecule has 28 heavy (non-hydrogen) atoms. The van der Waals surface area contributed by atoms with Crippen molar-refractivity contribution in [3.05, 3.63) is 53.1 Å². The third kappa shape index (κ3) is 6.46. The summed E-state index contributed by atoms with van der Waals surface area (Å²) in [4.78, 5) is 23.5. The molecule has 2 aromatic rings. The molecule has 0 saturated carbocycles. The fraction of sp³-hybridized carbons (Fsp3) is 0.333. The van der Waals surface area contributed by atoms with Gasteiger partial charge in [-0.15, -0.1) is 0 Å². The Kier molecular flexibility index (Phi) is 8.14. The van der Waals surface area contributed by atoms with Crippen LogP contribution >= 0.6 is 11.6 Å². The van der Waals surface area contributed by atoms with E-state index < -0.39 is 6.04 Å². The van der Waals surface area contributed by atoms with Crippen LogP contribution in [0, 0.1) is 0 Å². The highest BCUT2D eigenvalue weighted by Crippen LogP contribution is 2.32. The van der Waals surface area contributed by atoms with Crippen molar-refractivity contribution in [3.8, 4) is 17.2 Å². The SMILES string of the molecule is CCC[C@H](NC(C)=O)C(=O)NCc1ccc(Oc2ccc(OC)cc2Cl)cc1. The summed E-state index contributed by atoms with van der Waals surface area (Å²) in [5, 5.41) is 5.98. The Morgan fingerprint density at radius 1 is 1.11 bits per heavy atom. The van der Waals surface area contributed by atoms with Gasteiger partial charge in [-0.25, -0.2) is 0 Å². The molecule has 0 unspecified atom stereocenters. The molecule has 6 nitrogen and oxygen atoms in total. The third-order valence-electron chi connectivity index (χ3n) is 4.03. The third-order valence-corrected chi connectivity index (χ3v) is 4.32. The number of amides is 2. The minimum Gasteiger partial charge on any atom is -0.497 e. The monoisotopic (exact) mass is 404 g/mol.